The monoisotopic (exact) mass is 249 g/mol. The van der Waals surface area contributed by atoms with Crippen LogP contribution in [0.25, 0.3) is 0 Å². The minimum atomic E-state index is 0.120. The van der Waals surface area contributed by atoms with E-state index < -0.39 is 0 Å². The molecule has 0 amide bonds. The Balaban J connectivity index is 1.81. The van der Waals surface area contributed by atoms with Crippen molar-refractivity contribution in [2.24, 2.45) is 5.92 Å². The highest BCUT2D eigenvalue weighted by Crippen LogP contribution is 2.28. The molecule has 100 valence electrons. The van der Waals surface area contributed by atoms with Crippen LogP contribution in [0.15, 0.2) is 18.2 Å². The SMILES string of the molecule is CC(NCCC1CCCC1)c1cc(O)cc(O)c1. The van der Waals surface area contributed by atoms with Crippen molar-refractivity contribution in [2.45, 2.75) is 45.1 Å². The molecule has 0 heterocycles. The molecule has 0 aromatic heterocycles. The minimum Gasteiger partial charge on any atom is -0.508 e. The first-order valence-electron chi connectivity index (χ1n) is 6.91. The molecule has 0 spiro atoms. The van der Waals surface area contributed by atoms with Crippen LogP contribution in [0.3, 0.4) is 0 Å². The van der Waals surface area contributed by atoms with Gasteiger partial charge in [0, 0.05) is 12.1 Å². The van der Waals surface area contributed by atoms with Crippen LogP contribution in [-0.4, -0.2) is 16.8 Å². The quantitative estimate of drug-likeness (QED) is 0.750. The van der Waals surface area contributed by atoms with E-state index in [2.05, 4.69) is 12.2 Å². The molecule has 3 heteroatoms. The lowest BCUT2D eigenvalue weighted by atomic mass is 10.0. The molecule has 3 N–H and O–H groups in total. The van der Waals surface area contributed by atoms with Gasteiger partial charge in [0.25, 0.3) is 0 Å². The summed E-state index contributed by atoms with van der Waals surface area (Å²) in [6.07, 6.45) is 6.77. The topological polar surface area (TPSA) is 52.5 Å². The summed E-state index contributed by atoms with van der Waals surface area (Å²) in [4.78, 5) is 0. The summed E-state index contributed by atoms with van der Waals surface area (Å²) in [5.41, 5.74) is 0.930. The molecule has 1 aliphatic rings. The summed E-state index contributed by atoms with van der Waals surface area (Å²) in [6, 6.07) is 4.92. The molecule has 0 bridgehead atoms. The highest BCUT2D eigenvalue weighted by Gasteiger charge is 2.15. The third kappa shape index (κ3) is 3.64. The van der Waals surface area contributed by atoms with Crippen LogP contribution in [0.1, 0.15) is 50.6 Å². The fourth-order valence-electron chi connectivity index (χ4n) is 2.79. The van der Waals surface area contributed by atoms with E-state index in [9.17, 15) is 10.2 Å². The maximum Gasteiger partial charge on any atom is 0.119 e. The predicted octanol–water partition coefficient (Wildman–Crippen LogP) is 3.33. The fourth-order valence-corrected chi connectivity index (χ4v) is 2.79. The van der Waals surface area contributed by atoms with Gasteiger partial charge >= 0.3 is 0 Å². The molecule has 1 unspecified atom stereocenters. The lowest BCUT2D eigenvalue weighted by Crippen LogP contribution is -2.21. The molecule has 1 aliphatic carbocycles. The number of phenols is 2. The van der Waals surface area contributed by atoms with Gasteiger partial charge in [0.15, 0.2) is 0 Å². The van der Waals surface area contributed by atoms with E-state index in [1.54, 1.807) is 12.1 Å². The number of hydrogen-bond donors (Lipinski definition) is 3. The first-order valence-corrected chi connectivity index (χ1v) is 6.91. The van der Waals surface area contributed by atoms with E-state index in [-0.39, 0.29) is 17.5 Å². The maximum atomic E-state index is 9.45. The van der Waals surface area contributed by atoms with Gasteiger partial charge in [-0.1, -0.05) is 25.7 Å². The Bertz CT molecular complexity index is 366. The molecule has 1 aromatic rings. The maximum absolute atomic E-state index is 9.45. The second-order valence-corrected chi connectivity index (χ2v) is 5.40. The Morgan fingerprint density at radius 1 is 1.17 bits per heavy atom. The molecule has 1 fully saturated rings. The third-order valence-corrected chi connectivity index (χ3v) is 3.90. The van der Waals surface area contributed by atoms with Gasteiger partial charge in [-0.15, -0.1) is 0 Å². The summed E-state index contributed by atoms with van der Waals surface area (Å²) in [7, 11) is 0. The molecule has 0 saturated heterocycles. The Morgan fingerprint density at radius 3 is 2.39 bits per heavy atom. The average molecular weight is 249 g/mol. The number of rotatable bonds is 5. The molecule has 0 radical (unpaired) electrons. The minimum absolute atomic E-state index is 0.120. The molecular weight excluding hydrogens is 226 g/mol. The molecule has 2 rings (SSSR count). The summed E-state index contributed by atoms with van der Waals surface area (Å²) < 4.78 is 0. The summed E-state index contributed by atoms with van der Waals surface area (Å²) in [5.74, 6) is 1.13. The summed E-state index contributed by atoms with van der Waals surface area (Å²) in [5, 5.41) is 22.4. The van der Waals surface area contributed by atoms with Crippen molar-refractivity contribution in [3.63, 3.8) is 0 Å². The number of nitrogens with one attached hydrogen (secondary N) is 1. The predicted molar refractivity (Wildman–Crippen MR) is 72.8 cm³/mol. The normalized spacial score (nSPS) is 18.1. The van der Waals surface area contributed by atoms with Crippen LogP contribution in [0, 0.1) is 5.92 Å². The summed E-state index contributed by atoms with van der Waals surface area (Å²) in [6.45, 7) is 3.06. The van der Waals surface area contributed by atoms with Crippen molar-refractivity contribution >= 4 is 0 Å². The number of hydrogen-bond acceptors (Lipinski definition) is 3. The van der Waals surface area contributed by atoms with E-state index in [1.165, 1.54) is 38.2 Å². The summed E-state index contributed by atoms with van der Waals surface area (Å²) >= 11 is 0. The molecule has 18 heavy (non-hydrogen) atoms. The van der Waals surface area contributed by atoms with Gasteiger partial charge < -0.3 is 15.5 Å². The Kier molecular flexibility index (Phi) is 4.48. The third-order valence-electron chi connectivity index (χ3n) is 3.90. The zero-order chi connectivity index (χ0) is 13.0. The van der Waals surface area contributed by atoms with Crippen LogP contribution in [-0.2, 0) is 0 Å². The highest BCUT2D eigenvalue weighted by molar-refractivity contribution is 5.37. The first-order chi connectivity index (χ1) is 8.65. The van der Waals surface area contributed by atoms with Gasteiger partial charge in [-0.25, -0.2) is 0 Å². The van der Waals surface area contributed by atoms with Gasteiger partial charge in [0.1, 0.15) is 11.5 Å². The molecule has 1 saturated carbocycles. The zero-order valence-corrected chi connectivity index (χ0v) is 11.0. The second-order valence-electron chi connectivity index (χ2n) is 5.40. The highest BCUT2D eigenvalue weighted by atomic mass is 16.3. The standard InChI is InChI=1S/C15H23NO2/c1-11(13-8-14(17)10-15(18)9-13)16-7-6-12-4-2-3-5-12/h8-12,16-18H,2-7H2,1H3. The Hall–Kier alpha value is -1.22. The zero-order valence-electron chi connectivity index (χ0n) is 11.0. The van der Waals surface area contributed by atoms with E-state index in [1.807, 2.05) is 0 Å². The van der Waals surface area contributed by atoms with Crippen molar-refractivity contribution in [3.05, 3.63) is 23.8 Å². The smallest absolute Gasteiger partial charge is 0.119 e. The van der Waals surface area contributed by atoms with E-state index in [0.717, 1.165) is 18.0 Å². The first kappa shape index (κ1) is 13.2. The van der Waals surface area contributed by atoms with E-state index in [4.69, 9.17) is 0 Å². The number of aromatic hydroxyl groups is 2. The number of benzene rings is 1. The number of phenolic OH excluding ortho intramolecular Hbond substituents is 2. The fraction of sp³-hybridized carbons (Fsp3) is 0.600. The molecule has 1 aromatic carbocycles. The van der Waals surface area contributed by atoms with Crippen molar-refractivity contribution in [3.8, 4) is 11.5 Å². The van der Waals surface area contributed by atoms with E-state index in [0.29, 0.717) is 0 Å². The average Bonchev–Trinajstić information content (AvgIpc) is 2.80. The lowest BCUT2D eigenvalue weighted by molar-refractivity contribution is 0.438. The van der Waals surface area contributed by atoms with Crippen LogP contribution in [0.5, 0.6) is 11.5 Å². The van der Waals surface area contributed by atoms with Crippen molar-refractivity contribution in [1.29, 1.82) is 0 Å². The van der Waals surface area contributed by atoms with Crippen molar-refractivity contribution < 1.29 is 10.2 Å². The van der Waals surface area contributed by atoms with Crippen LogP contribution in [0.4, 0.5) is 0 Å². The van der Waals surface area contributed by atoms with Crippen LogP contribution in [0.2, 0.25) is 0 Å². The van der Waals surface area contributed by atoms with Crippen LogP contribution >= 0.6 is 0 Å². The van der Waals surface area contributed by atoms with E-state index >= 15 is 0 Å². The van der Waals surface area contributed by atoms with Gasteiger partial charge in [-0.05, 0) is 43.5 Å². The van der Waals surface area contributed by atoms with Gasteiger partial charge in [-0.3, -0.25) is 0 Å². The molecular formula is C15H23NO2. The Labute approximate surface area is 109 Å². The lowest BCUT2D eigenvalue weighted by Gasteiger charge is -2.16. The van der Waals surface area contributed by atoms with Crippen molar-refractivity contribution in [2.75, 3.05) is 6.54 Å². The van der Waals surface area contributed by atoms with Crippen LogP contribution < -0.4 is 5.32 Å². The van der Waals surface area contributed by atoms with Gasteiger partial charge in [0.05, 0.1) is 0 Å². The Morgan fingerprint density at radius 2 is 1.78 bits per heavy atom. The molecule has 3 nitrogen and oxygen atoms in total. The molecule has 1 atom stereocenters. The van der Waals surface area contributed by atoms with Crippen molar-refractivity contribution in [1.82, 2.24) is 5.32 Å². The molecule has 0 aliphatic heterocycles. The second kappa shape index (κ2) is 6.10. The van der Waals surface area contributed by atoms with Gasteiger partial charge in [-0.2, -0.15) is 0 Å². The van der Waals surface area contributed by atoms with Gasteiger partial charge in [0.2, 0.25) is 0 Å². The largest absolute Gasteiger partial charge is 0.508 e.